The first-order valence-corrected chi connectivity index (χ1v) is 8.26. The van der Waals surface area contributed by atoms with Crippen molar-refractivity contribution in [1.82, 2.24) is 19.9 Å². The normalized spacial score (nSPS) is 18.2. The molecule has 0 aromatic carbocycles. The number of carbonyl (C=O) groups is 1. The van der Waals surface area contributed by atoms with Gasteiger partial charge in [0.05, 0.1) is 6.04 Å². The molecule has 0 bridgehead atoms. The highest BCUT2D eigenvalue weighted by Crippen LogP contribution is 2.34. The van der Waals surface area contributed by atoms with Crippen LogP contribution in [0.3, 0.4) is 0 Å². The van der Waals surface area contributed by atoms with E-state index in [2.05, 4.69) is 15.0 Å². The van der Waals surface area contributed by atoms with Crippen molar-refractivity contribution in [3.8, 4) is 0 Å². The quantitative estimate of drug-likeness (QED) is 0.789. The molecule has 1 atom stereocenters. The number of rotatable bonds is 2. The predicted molar refractivity (Wildman–Crippen MR) is 86.0 cm³/mol. The first-order valence-electron chi connectivity index (χ1n) is 7.38. The SMILES string of the molecule is Cc1csc([C@@H]2CCCN2C(=O)c2cc3cnccc3[nH]2)n1. The van der Waals surface area contributed by atoms with E-state index in [4.69, 9.17) is 0 Å². The maximum Gasteiger partial charge on any atom is 0.270 e. The highest BCUT2D eigenvalue weighted by atomic mass is 32.1. The van der Waals surface area contributed by atoms with E-state index in [9.17, 15) is 4.79 Å². The van der Waals surface area contributed by atoms with Crippen LogP contribution in [-0.2, 0) is 0 Å². The number of pyridine rings is 1. The van der Waals surface area contributed by atoms with Crippen molar-refractivity contribution in [2.45, 2.75) is 25.8 Å². The third-order valence-corrected chi connectivity index (χ3v) is 5.15. The van der Waals surface area contributed by atoms with Crippen molar-refractivity contribution in [3.63, 3.8) is 0 Å². The summed E-state index contributed by atoms with van der Waals surface area (Å²) in [6.07, 6.45) is 5.51. The number of aromatic amines is 1. The molecule has 0 radical (unpaired) electrons. The van der Waals surface area contributed by atoms with Crippen LogP contribution in [0.15, 0.2) is 29.9 Å². The molecule has 5 nitrogen and oxygen atoms in total. The number of nitrogens with zero attached hydrogens (tertiary/aromatic N) is 3. The third-order valence-electron chi connectivity index (χ3n) is 4.09. The number of H-pyrrole nitrogens is 1. The number of aromatic nitrogens is 3. The van der Waals surface area contributed by atoms with E-state index in [1.807, 2.05) is 29.3 Å². The second-order valence-corrected chi connectivity index (χ2v) is 6.52. The van der Waals surface area contributed by atoms with Crippen LogP contribution >= 0.6 is 11.3 Å². The number of hydrogen-bond donors (Lipinski definition) is 1. The van der Waals surface area contributed by atoms with E-state index in [1.165, 1.54) is 0 Å². The largest absolute Gasteiger partial charge is 0.350 e. The molecule has 1 N–H and O–H groups in total. The van der Waals surface area contributed by atoms with E-state index in [1.54, 1.807) is 23.7 Å². The standard InChI is InChI=1S/C16H16N4OS/c1-10-9-22-15(18-10)14-3-2-6-20(14)16(21)13-7-11-8-17-5-4-12(11)19-13/h4-5,7-9,14,19H,2-3,6H2,1H3/t14-/m0/s1. The molecule has 0 unspecified atom stereocenters. The molecule has 3 aromatic heterocycles. The molecular weight excluding hydrogens is 296 g/mol. The Bertz CT molecular complexity index is 804. The second kappa shape index (κ2) is 5.21. The summed E-state index contributed by atoms with van der Waals surface area (Å²) in [6.45, 7) is 2.78. The lowest BCUT2D eigenvalue weighted by Crippen LogP contribution is -2.30. The fourth-order valence-corrected chi connectivity index (χ4v) is 3.98. The number of fused-ring (bicyclic) bond motifs is 1. The van der Waals surface area contributed by atoms with Crippen LogP contribution in [0.2, 0.25) is 0 Å². The highest BCUT2D eigenvalue weighted by molar-refractivity contribution is 7.09. The minimum atomic E-state index is 0.0477. The Labute approximate surface area is 132 Å². The zero-order valence-electron chi connectivity index (χ0n) is 12.2. The van der Waals surface area contributed by atoms with Crippen LogP contribution in [0.25, 0.3) is 10.9 Å². The lowest BCUT2D eigenvalue weighted by Gasteiger charge is -2.22. The summed E-state index contributed by atoms with van der Waals surface area (Å²) in [7, 11) is 0. The van der Waals surface area contributed by atoms with Crippen molar-refractivity contribution in [2.75, 3.05) is 6.54 Å². The van der Waals surface area contributed by atoms with Gasteiger partial charge in [0.15, 0.2) is 0 Å². The number of thiazole rings is 1. The minimum absolute atomic E-state index is 0.0477. The predicted octanol–water partition coefficient (Wildman–Crippen LogP) is 3.31. The highest BCUT2D eigenvalue weighted by Gasteiger charge is 2.33. The molecule has 0 spiro atoms. The monoisotopic (exact) mass is 312 g/mol. The molecule has 1 fully saturated rings. The lowest BCUT2D eigenvalue weighted by molar-refractivity contribution is 0.0730. The zero-order valence-corrected chi connectivity index (χ0v) is 13.1. The maximum absolute atomic E-state index is 12.9. The van der Waals surface area contributed by atoms with Gasteiger partial charge in [-0.15, -0.1) is 11.3 Å². The summed E-state index contributed by atoms with van der Waals surface area (Å²) >= 11 is 1.64. The smallest absolute Gasteiger partial charge is 0.270 e. The topological polar surface area (TPSA) is 61.9 Å². The Balaban J connectivity index is 1.66. The molecule has 1 aliphatic rings. The van der Waals surface area contributed by atoms with Gasteiger partial charge in [-0.25, -0.2) is 4.98 Å². The Kier molecular flexibility index (Phi) is 3.18. The van der Waals surface area contributed by atoms with Crippen LogP contribution in [0.1, 0.15) is 40.1 Å². The van der Waals surface area contributed by atoms with Gasteiger partial charge in [-0.05, 0) is 31.9 Å². The molecule has 22 heavy (non-hydrogen) atoms. The Morgan fingerprint density at radius 3 is 3.18 bits per heavy atom. The summed E-state index contributed by atoms with van der Waals surface area (Å²) in [5.74, 6) is 0.0477. The number of likely N-dealkylation sites (tertiary alicyclic amines) is 1. The maximum atomic E-state index is 12.9. The van der Waals surface area contributed by atoms with Gasteiger partial charge in [0, 0.05) is 40.9 Å². The fourth-order valence-electron chi connectivity index (χ4n) is 3.03. The Morgan fingerprint density at radius 2 is 2.41 bits per heavy atom. The van der Waals surface area contributed by atoms with Crippen LogP contribution in [0.4, 0.5) is 0 Å². The molecule has 1 saturated heterocycles. The first kappa shape index (κ1) is 13.5. The fraction of sp³-hybridized carbons (Fsp3) is 0.312. The second-order valence-electron chi connectivity index (χ2n) is 5.63. The Hall–Kier alpha value is -2.21. The number of carbonyl (C=O) groups excluding carboxylic acids is 1. The van der Waals surface area contributed by atoms with Gasteiger partial charge in [0.1, 0.15) is 10.7 Å². The molecule has 1 aliphatic heterocycles. The van der Waals surface area contributed by atoms with E-state index in [-0.39, 0.29) is 11.9 Å². The average Bonchev–Trinajstić information content (AvgIpc) is 3.24. The summed E-state index contributed by atoms with van der Waals surface area (Å²) in [5.41, 5.74) is 2.60. The van der Waals surface area contributed by atoms with Gasteiger partial charge < -0.3 is 9.88 Å². The molecule has 3 aromatic rings. The van der Waals surface area contributed by atoms with Gasteiger partial charge in [-0.2, -0.15) is 0 Å². The van der Waals surface area contributed by atoms with Crippen molar-refractivity contribution in [2.24, 2.45) is 0 Å². The lowest BCUT2D eigenvalue weighted by atomic mass is 10.2. The third kappa shape index (κ3) is 2.20. The molecule has 1 amide bonds. The summed E-state index contributed by atoms with van der Waals surface area (Å²) < 4.78 is 0. The van der Waals surface area contributed by atoms with Crippen molar-refractivity contribution >= 4 is 28.1 Å². The number of aryl methyl sites for hydroxylation is 1. The van der Waals surface area contributed by atoms with E-state index >= 15 is 0 Å². The average molecular weight is 312 g/mol. The molecule has 112 valence electrons. The Morgan fingerprint density at radius 1 is 1.50 bits per heavy atom. The molecule has 0 aliphatic carbocycles. The number of hydrogen-bond acceptors (Lipinski definition) is 4. The summed E-state index contributed by atoms with van der Waals surface area (Å²) in [6, 6.07) is 3.88. The molecule has 6 heteroatoms. The van der Waals surface area contributed by atoms with Crippen molar-refractivity contribution in [1.29, 1.82) is 0 Å². The van der Waals surface area contributed by atoms with Crippen LogP contribution < -0.4 is 0 Å². The summed E-state index contributed by atoms with van der Waals surface area (Å²) in [5, 5.41) is 4.05. The summed E-state index contributed by atoms with van der Waals surface area (Å²) in [4.78, 5) is 26.7. The van der Waals surface area contributed by atoms with Gasteiger partial charge in [0.25, 0.3) is 5.91 Å². The van der Waals surface area contributed by atoms with Crippen LogP contribution in [0, 0.1) is 6.92 Å². The van der Waals surface area contributed by atoms with Gasteiger partial charge in [0.2, 0.25) is 0 Å². The van der Waals surface area contributed by atoms with Gasteiger partial charge in [-0.1, -0.05) is 0 Å². The van der Waals surface area contributed by atoms with Crippen LogP contribution in [0.5, 0.6) is 0 Å². The van der Waals surface area contributed by atoms with E-state index in [0.717, 1.165) is 41.0 Å². The molecular formula is C16H16N4OS. The van der Waals surface area contributed by atoms with E-state index in [0.29, 0.717) is 5.69 Å². The zero-order chi connectivity index (χ0) is 15.1. The van der Waals surface area contributed by atoms with Crippen molar-refractivity contribution < 1.29 is 4.79 Å². The van der Waals surface area contributed by atoms with Gasteiger partial charge >= 0.3 is 0 Å². The first-order chi connectivity index (χ1) is 10.7. The minimum Gasteiger partial charge on any atom is -0.350 e. The molecule has 0 saturated carbocycles. The van der Waals surface area contributed by atoms with Crippen molar-refractivity contribution in [3.05, 3.63) is 46.3 Å². The van der Waals surface area contributed by atoms with Gasteiger partial charge in [-0.3, -0.25) is 9.78 Å². The van der Waals surface area contributed by atoms with Crippen LogP contribution in [-0.4, -0.2) is 32.3 Å². The molecule has 4 heterocycles. The number of amides is 1. The molecule has 4 rings (SSSR count). The number of nitrogens with one attached hydrogen (secondary N) is 1. The van der Waals surface area contributed by atoms with E-state index < -0.39 is 0 Å².